The first-order valence-electron chi connectivity index (χ1n) is 6.21. The lowest BCUT2D eigenvalue weighted by Gasteiger charge is -2.04. The summed E-state index contributed by atoms with van der Waals surface area (Å²) in [7, 11) is 0. The zero-order chi connectivity index (χ0) is 12.7. The van der Waals surface area contributed by atoms with Crippen LogP contribution in [0.3, 0.4) is 0 Å². The molecule has 1 saturated carbocycles. The highest BCUT2D eigenvalue weighted by molar-refractivity contribution is 7.99. The monoisotopic (exact) mass is 276 g/mol. The van der Waals surface area contributed by atoms with Gasteiger partial charge in [0.2, 0.25) is 11.9 Å². The Morgan fingerprint density at radius 3 is 3.05 bits per heavy atom. The molecule has 1 aromatic heterocycles. The van der Waals surface area contributed by atoms with Gasteiger partial charge in [-0.15, -0.1) is 5.10 Å². The molecule has 1 aliphatic heterocycles. The van der Waals surface area contributed by atoms with Gasteiger partial charge in [-0.25, -0.2) is 0 Å². The molecule has 7 heteroatoms. The molecule has 6 nitrogen and oxygen atoms in total. The lowest BCUT2D eigenvalue weighted by atomic mass is 10.3. The van der Waals surface area contributed by atoms with Gasteiger partial charge in [0.25, 0.3) is 0 Å². The van der Waals surface area contributed by atoms with Crippen molar-refractivity contribution in [2.75, 3.05) is 12.5 Å². The molecule has 2 aliphatic rings. The number of ether oxygens (including phenoxy) is 2. The Balaban J connectivity index is 1.62. The number of hydrogen-bond acceptors (Lipinski definition) is 6. The van der Waals surface area contributed by atoms with Gasteiger partial charge in [-0.3, -0.25) is 0 Å². The maximum Gasteiger partial charge on any atom is 0.231 e. The Hall–Kier alpha value is -1.76. The van der Waals surface area contributed by atoms with Crippen molar-refractivity contribution >= 4 is 11.8 Å². The first-order chi connectivity index (χ1) is 9.40. The lowest BCUT2D eigenvalue weighted by molar-refractivity contribution is 0.174. The number of benzene rings is 1. The third-order valence-electron chi connectivity index (χ3n) is 3.19. The molecule has 0 saturated heterocycles. The van der Waals surface area contributed by atoms with Crippen molar-refractivity contribution in [3.8, 4) is 17.2 Å². The van der Waals surface area contributed by atoms with Crippen LogP contribution in [0.25, 0.3) is 5.69 Å². The summed E-state index contributed by atoms with van der Waals surface area (Å²) in [4.78, 5) is 0. The van der Waals surface area contributed by atoms with Crippen molar-refractivity contribution in [3.63, 3.8) is 0 Å². The van der Waals surface area contributed by atoms with E-state index in [9.17, 15) is 0 Å². The second-order valence-corrected chi connectivity index (χ2v) is 5.65. The molecule has 1 fully saturated rings. The van der Waals surface area contributed by atoms with Gasteiger partial charge in [-0.05, 0) is 41.3 Å². The van der Waals surface area contributed by atoms with E-state index in [2.05, 4.69) is 15.5 Å². The van der Waals surface area contributed by atoms with Gasteiger partial charge in [0, 0.05) is 11.8 Å². The highest BCUT2D eigenvalue weighted by Gasteiger charge is 2.23. The minimum absolute atomic E-state index is 0.275. The van der Waals surface area contributed by atoms with Crippen molar-refractivity contribution in [3.05, 3.63) is 18.2 Å². The molecule has 1 aromatic carbocycles. The fourth-order valence-electron chi connectivity index (χ4n) is 1.92. The number of aromatic nitrogens is 4. The summed E-state index contributed by atoms with van der Waals surface area (Å²) in [6, 6.07) is 5.72. The minimum atomic E-state index is 0.275. The number of fused-ring (bicyclic) bond motifs is 1. The van der Waals surface area contributed by atoms with E-state index in [0.717, 1.165) is 34.0 Å². The Kier molecular flexibility index (Phi) is 2.58. The maximum absolute atomic E-state index is 5.37. The van der Waals surface area contributed by atoms with E-state index >= 15 is 0 Å². The Bertz CT molecular complexity index is 612. The highest BCUT2D eigenvalue weighted by atomic mass is 32.2. The van der Waals surface area contributed by atoms with Crippen LogP contribution in [0.15, 0.2) is 23.4 Å². The quantitative estimate of drug-likeness (QED) is 0.795. The lowest BCUT2D eigenvalue weighted by Crippen LogP contribution is -1.99. The Labute approximate surface area is 114 Å². The number of tetrazole rings is 1. The normalized spacial score (nSPS) is 16.8. The minimum Gasteiger partial charge on any atom is -0.454 e. The van der Waals surface area contributed by atoms with E-state index in [1.165, 1.54) is 12.8 Å². The zero-order valence-corrected chi connectivity index (χ0v) is 11.0. The molecule has 0 N–H and O–H groups in total. The first kappa shape index (κ1) is 11.1. The molecule has 4 rings (SSSR count). The number of thioether (sulfide) groups is 1. The molecule has 1 aliphatic carbocycles. The van der Waals surface area contributed by atoms with Crippen LogP contribution in [-0.2, 0) is 0 Å². The summed E-state index contributed by atoms with van der Waals surface area (Å²) < 4.78 is 12.4. The van der Waals surface area contributed by atoms with Crippen molar-refractivity contribution in [1.82, 2.24) is 20.2 Å². The molecule has 19 heavy (non-hydrogen) atoms. The topological polar surface area (TPSA) is 62.1 Å². The summed E-state index contributed by atoms with van der Waals surface area (Å²) >= 11 is 1.71. The second kappa shape index (κ2) is 4.41. The molecule has 0 bridgehead atoms. The van der Waals surface area contributed by atoms with Crippen LogP contribution in [0.2, 0.25) is 0 Å². The van der Waals surface area contributed by atoms with Crippen LogP contribution in [0.5, 0.6) is 11.5 Å². The molecule has 0 unspecified atom stereocenters. The van der Waals surface area contributed by atoms with Crippen molar-refractivity contribution < 1.29 is 9.47 Å². The van der Waals surface area contributed by atoms with E-state index in [1.807, 2.05) is 18.2 Å². The van der Waals surface area contributed by atoms with Gasteiger partial charge in [0.1, 0.15) is 0 Å². The summed E-state index contributed by atoms with van der Waals surface area (Å²) in [5.41, 5.74) is 0.896. The average molecular weight is 276 g/mol. The van der Waals surface area contributed by atoms with E-state index < -0.39 is 0 Å². The fourth-order valence-corrected chi connectivity index (χ4v) is 3.00. The molecule has 2 aromatic rings. The predicted molar refractivity (Wildman–Crippen MR) is 68.7 cm³/mol. The molecule has 98 valence electrons. The third kappa shape index (κ3) is 2.14. The second-order valence-electron chi connectivity index (χ2n) is 4.67. The van der Waals surface area contributed by atoms with Crippen LogP contribution in [0.4, 0.5) is 0 Å². The van der Waals surface area contributed by atoms with Crippen molar-refractivity contribution in [2.24, 2.45) is 5.92 Å². The Morgan fingerprint density at radius 1 is 1.26 bits per heavy atom. The molecule has 0 atom stereocenters. The molecule has 0 radical (unpaired) electrons. The molecule has 0 spiro atoms. The number of hydrogen-bond donors (Lipinski definition) is 0. The summed E-state index contributed by atoms with van der Waals surface area (Å²) in [5.74, 6) is 3.44. The number of rotatable bonds is 4. The molecule has 2 heterocycles. The van der Waals surface area contributed by atoms with Crippen LogP contribution in [0, 0.1) is 5.92 Å². The van der Waals surface area contributed by atoms with Gasteiger partial charge in [-0.2, -0.15) is 4.68 Å². The van der Waals surface area contributed by atoms with E-state index in [-0.39, 0.29) is 6.79 Å². The summed E-state index contributed by atoms with van der Waals surface area (Å²) in [5, 5.41) is 12.7. The van der Waals surface area contributed by atoms with Gasteiger partial charge in [0.15, 0.2) is 11.5 Å². The van der Waals surface area contributed by atoms with Gasteiger partial charge in [-0.1, -0.05) is 11.8 Å². The van der Waals surface area contributed by atoms with Crippen molar-refractivity contribution in [2.45, 2.75) is 18.0 Å². The van der Waals surface area contributed by atoms with Gasteiger partial charge < -0.3 is 9.47 Å². The summed E-state index contributed by atoms with van der Waals surface area (Å²) in [6.45, 7) is 0.275. The Morgan fingerprint density at radius 2 is 2.16 bits per heavy atom. The van der Waals surface area contributed by atoms with E-state index in [0.29, 0.717) is 0 Å². The van der Waals surface area contributed by atoms with Crippen LogP contribution in [0.1, 0.15) is 12.8 Å². The first-order valence-corrected chi connectivity index (χ1v) is 7.20. The maximum atomic E-state index is 5.37. The smallest absolute Gasteiger partial charge is 0.231 e. The average Bonchev–Trinajstić information content (AvgIpc) is 2.97. The fraction of sp³-hybridized carbons (Fsp3) is 0.417. The van der Waals surface area contributed by atoms with E-state index in [4.69, 9.17) is 9.47 Å². The summed E-state index contributed by atoms with van der Waals surface area (Å²) in [6.07, 6.45) is 2.66. The number of nitrogens with zero attached hydrogens (tertiary/aromatic N) is 4. The molecular formula is C12H12N4O2S. The third-order valence-corrected chi connectivity index (χ3v) is 4.34. The van der Waals surface area contributed by atoms with E-state index in [1.54, 1.807) is 16.4 Å². The zero-order valence-electron chi connectivity index (χ0n) is 10.2. The van der Waals surface area contributed by atoms with Gasteiger partial charge >= 0.3 is 0 Å². The predicted octanol–water partition coefficient (Wildman–Crippen LogP) is 1.89. The molecular weight excluding hydrogens is 264 g/mol. The van der Waals surface area contributed by atoms with Gasteiger partial charge in [0.05, 0.1) is 5.69 Å². The van der Waals surface area contributed by atoms with Crippen LogP contribution >= 0.6 is 11.8 Å². The standard InChI is InChI=1S/C12H12N4O2S/c1-2-8(1)6-19-12-13-14-15-16(12)9-3-4-10-11(5-9)18-7-17-10/h3-5,8H,1-2,6-7H2. The van der Waals surface area contributed by atoms with Crippen LogP contribution < -0.4 is 9.47 Å². The molecule has 0 amide bonds. The van der Waals surface area contributed by atoms with Crippen molar-refractivity contribution in [1.29, 1.82) is 0 Å². The highest BCUT2D eigenvalue weighted by Crippen LogP contribution is 2.36. The largest absolute Gasteiger partial charge is 0.454 e. The SMILES string of the molecule is c1cc2c(cc1-n1nnnc1SCC1CC1)OCO2. The van der Waals surface area contributed by atoms with Crippen LogP contribution in [-0.4, -0.2) is 32.8 Å².